The number of amides is 1. The quantitative estimate of drug-likeness (QED) is 0.828. The van der Waals surface area contributed by atoms with Crippen LogP contribution in [0.15, 0.2) is 5.38 Å². The highest BCUT2D eigenvalue weighted by Crippen LogP contribution is 2.18. The summed E-state index contributed by atoms with van der Waals surface area (Å²) < 4.78 is 4.96. The Morgan fingerprint density at radius 1 is 1.50 bits per heavy atom. The van der Waals surface area contributed by atoms with Crippen LogP contribution in [0.1, 0.15) is 19.5 Å². The number of nitrogens with one attached hydrogen (secondary N) is 1. The van der Waals surface area contributed by atoms with Gasteiger partial charge in [0.05, 0.1) is 5.69 Å². The van der Waals surface area contributed by atoms with Crippen LogP contribution in [0.25, 0.3) is 0 Å². The number of hydrogen-bond donors (Lipinski definition) is 2. The number of ether oxygens (including phenoxy) is 1. The molecule has 1 heterocycles. The van der Waals surface area contributed by atoms with Crippen LogP contribution < -0.4 is 10.2 Å². The van der Waals surface area contributed by atoms with Gasteiger partial charge in [0.1, 0.15) is 12.6 Å². The number of carboxylic acids is 1. The van der Waals surface area contributed by atoms with Gasteiger partial charge in [-0.05, 0) is 5.92 Å². The van der Waals surface area contributed by atoms with E-state index < -0.39 is 18.1 Å². The largest absolute Gasteiger partial charge is 0.480 e. The van der Waals surface area contributed by atoms with E-state index in [1.807, 2.05) is 19.0 Å². The number of carbonyl (C=O) groups excluding carboxylic acids is 1. The molecule has 0 bridgehead atoms. The number of aliphatic carboxylic acids is 1. The van der Waals surface area contributed by atoms with Gasteiger partial charge in [0.15, 0.2) is 5.13 Å². The van der Waals surface area contributed by atoms with Gasteiger partial charge in [-0.15, -0.1) is 11.3 Å². The highest BCUT2D eigenvalue weighted by Gasteiger charge is 2.24. The summed E-state index contributed by atoms with van der Waals surface area (Å²) in [4.78, 5) is 28.6. The first-order valence-corrected chi connectivity index (χ1v) is 6.97. The van der Waals surface area contributed by atoms with Crippen LogP contribution in [0.2, 0.25) is 0 Å². The zero-order valence-corrected chi connectivity index (χ0v) is 12.7. The zero-order valence-electron chi connectivity index (χ0n) is 11.9. The van der Waals surface area contributed by atoms with Crippen LogP contribution in [0.5, 0.6) is 0 Å². The van der Waals surface area contributed by atoms with Crippen LogP contribution >= 0.6 is 11.3 Å². The van der Waals surface area contributed by atoms with E-state index in [-0.39, 0.29) is 12.5 Å². The molecule has 1 rings (SSSR count). The lowest BCUT2D eigenvalue weighted by atomic mass is 10.1. The van der Waals surface area contributed by atoms with Crippen LogP contribution in [-0.2, 0) is 16.1 Å². The minimum atomic E-state index is -1.08. The van der Waals surface area contributed by atoms with Crippen molar-refractivity contribution in [3.8, 4) is 0 Å². The fourth-order valence-corrected chi connectivity index (χ4v) is 2.13. The first-order chi connectivity index (χ1) is 9.31. The molecular formula is C12H19N3O4S. The maximum Gasteiger partial charge on any atom is 0.408 e. The molecule has 0 aliphatic heterocycles. The predicted octanol–water partition coefficient (Wildman–Crippen LogP) is 1.54. The number of carbonyl (C=O) groups is 2. The second-order valence-electron chi connectivity index (χ2n) is 4.80. The molecule has 0 unspecified atom stereocenters. The Hall–Kier alpha value is -1.83. The lowest BCUT2D eigenvalue weighted by Crippen LogP contribution is -2.44. The smallest absolute Gasteiger partial charge is 0.408 e. The number of nitrogens with zero attached hydrogens (tertiary/aromatic N) is 2. The number of anilines is 1. The molecule has 0 aliphatic carbocycles. The normalized spacial score (nSPS) is 12.1. The third-order valence-corrected chi connectivity index (χ3v) is 3.54. The van der Waals surface area contributed by atoms with Crippen molar-refractivity contribution in [2.45, 2.75) is 26.5 Å². The fraction of sp³-hybridized carbons (Fsp3) is 0.583. The van der Waals surface area contributed by atoms with Gasteiger partial charge in [-0.2, -0.15) is 0 Å². The van der Waals surface area contributed by atoms with Gasteiger partial charge in [-0.1, -0.05) is 13.8 Å². The lowest BCUT2D eigenvalue weighted by molar-refractivity contribution is -0.140. The van der Waals surface area contributed by atoms with E-state index in [1.54, 1.807) is 19.2 Å². The maximum absolute atomic E-state index is 11.5. The summed E-state index contributed by atoms with van der Waals surface area (Å²) in [6.07, 6.45) is -0.759. The summed E-state index contributed by atoms with van der Waals surface area (Å²) >= 11 is 1.44. The molecule has 1 aromatic heterocycles. The summed E-state index contributed by atoms with van der Waals surface area (Å²) in [5.41, 5.74) is 0.630. The van der Waals surface area contributed by atoms with Gasteiger partial charge < -0.3 is 20.1 Å². The van der Waals surface area contributed by atoms with Crippen LogP contribution in [0.4, 0.5) is 9.93 Å². The molecule has 1 aromatic rings. The zero-order chi connectivity index (χ0) is 15.3. The van der Waals surface area contributed by atoms with Gasteiger partial charge in [0.2, 0.25) is 0 Å². The van der Waals surface area contributed by atoms with Gasteiger partial charge in [-0.25, -0.2) is 14.6 Å². The van der Waals surface area contributed by atoms with Crippen molar-refractivity contribution >= 4 is 28.5 Å². The lowest BCUT2D eigenvalue weighted by Gasteiger charge is -2.17. The Balaban J connectivity index is 2.48. The molecule has 2 N–H and O–H groups in total. The third kappa shape index (κ3) is 4.69. The summed E-state index contributed by atoms with van der Waals surface area (Å²) in [7, 11) is 3.74. The van der Waals surface area contributed by atoms with E-state index >= 15 is 0 Å². The average Bonchev–Trinajstić information content (AvgIpc) is 2.81. The molecule has 20 heavy (non-hydrogen) atoms. The topological polar surface area (TPSA) is 91.8 Å². The van der Waals surface area contributed by atoms with E-state index in [4.69, 9.17) is 9.84 Å². The van der Waals surface area contributed by atoms with Crippen molar-refractivity contribution in [1.29, 1.82) is 0 Å². The molecule has 0 saturated heterocycles. The summed E-state index contributed by atoms with van der Waals surface area (Å²) in [6.45, 7) is 3.44. The second-order valence-corrected chi connectivity index (χ2v) is 5.63. The molecule has 1 atom stereocenters. The Bertz CT molecular complexity index is 473. The van der Waals surface area contributed by atoms with Crippen LogP contribution in [-0.4, -0.2) is 42.3 Å². The van der Waals surface area contributed by atoms with Gasteiger partial charge in [0.25, 0.3) is 0 Å². The highest BCUT2D eigenvalue weighted by atomic mass is 32.1. The molecule has 0 radical (unpaired) electrons. The number of alkyl carbamates (subject to hydrolysis) is 1. The van der Waals surface area contributed by atoms with Crippen LogP contribution in [0.3, 0.4) is 0 Å². The van der Waals surface area contributed by atoms with E-state index in [9.17, 15) is 9.59 Å². The number of hydrogen-bond acceptors (Lipinski definition) is 6. The van der Waals surface area contributed by atoms with Gasteiger partial charge in [-0.3, -0.25) is 0 Å². The van der Waals surface area contributed by atoms with Crippen LogP contribution in [0, 0.1) is 5.92 Å². The molecular weight excluding hydrogens is 282 g/mol. The molecule has 7 nitrogen and oxygen atoms in total. The molecule has 1 amide bonds. The Morgan fingerprint density at radius 3 is 2.60 bits per heavy atom. The molecule has 0 aliphatic rings. The standard InChI is InChI=1S/C12H19N3O4S/c1-7(2)9(10(16)17)14-12(18)19-5-8-6-20-11(13-8)15(3)4/h6-7,9H,5H2,1-4H3,(H,14,18)(H,16,17)/t9-/m0/s1. The molecule has 0 aromatic carbocycles. The van der Waals surface area contributed by atoms with Crippen molar-refractivity contribution in [3.05, 3.63) is 11.1 Å². The van der Waals surface area contributed by atoms with Crippen molar-refractivity contribution in [1.82, 2.24) is 10.3 Å². The number of aromatic nitrogens is 1. The minimum Gasteiger partial charge on any atom is -0.480 e. The first kappa shape index (κ1) is 16.2. The SMILES string of the molecule is CC(C)[C@H](NC(=O)OCc1csc(N(C)C)n1)C(=O)O. The molecule has 8 heteroatoms. The minimum absolute atomic E-state index is 0.0145. The summed E-state index contributed by atoms with van der Waals surface area (Å²) in [5.74, 6) is -1.31. The number of thiazole rings is 1. The van der Waals surface area contributed by atoms with E-state index in [0.717, 1.165) is 5.13 Å². The number of rotatable bonds is 6. The molecule has 0 fully saturated rings. The molecule has 0 spiro atoms. The van der Waals surface area contributed by atoms with Crippen molar-refractivity contribution in [2.24, 2.45) is 5.92 Å². The Morgan fingerprint density at radius 2 is 2.15 bits per heavy atom. The molecule has 112 valence electrons. The van der Waals surface area contributed by atoms with Crippen molar-refractivity contribution in [2.75, 3.05) is 19.0 Å². The van der Waals surface area contributed by atoms with Crippen molar-refractivity contribution < 1.29 is 19.4 Å². The predicted molar refractivity (Wildman–Crippen MR) is 76.0 cm³/mol. The monoisotopic (exact) mass is 301 g/mol. The Labute approximate surface area is 121 Å². The first-order valence-electron chi connectivity index (χ1n) is 6.09. The van der Waals surface area contributed by atoms with E-state index in [0.29, 0.717) is 5.69 Å². The maximum atomic E-state index is 11.5. The van der Waals surface area contributed by atoms with Gasteiger partial charge in [0, 0.05) is 19.5 Å². The number of carboxylic acid groups (broad SMARTS) is 1. The third-order valence-electron chi connectivity index (χ3n) is 2.48. The highest BCUT2D eigenvalue weighted by molar-refractivity contribution is 7.13. The fourth-order valence-electron chi connectivity index (χ4n) is 1.39. The Kier molecular flexibility index (Phi) is 5.75. The van der Waals surface area contributed by atoms with Gasteiger partial charge >= 0.3 is 12.1 Å². The molecule has 0 saturated carbocycles. The summed E-state index contributed by atoms with van der Waals surface area (Å²) in [5, 5.41) is 13.9. The second kappa shape index (κ2) is 7.09. The van der Waals surface area contributed by atoms with E-state index in [1.165, 1.54) is 11.3 Å². The van der Waals surface area contributed by atoms with E-state index in [2.05, 4.69) is 10.3 Å². The van der Waals surface area contributed by atoms with Crippen molar-refractivity contribution in [3.63, 3.8) is 0 Å². The average molecular weight is 301 g/mol. The summed E-state index contributed by atoms with van der Waals surface area (Å²) in [6, 6.07) is -0.963.